The van der Waals surface area contributed by atoms with Crippen LogP contribution in [0.1, 0.15) is 42.1 Å². The molecule has 2 aromatic rings. The number of benzene rings is 2. The molecule has 10 heteroatoms. The number of hydrogen-bond acceptors (Lipinski definition) is 9. The molecule has 2 atom stereocenters. The number of hydrogen-bond donors (Lipinski definition) is 1. The molecule has 2 saturated heterocycles. The van der Waals surface area contributed by atoms with E-state index in [0.29, 0.717) is 5.56 Å². The summed E-state index contributed by atoms with van der Waals surface area (Å²) >= 11 is 0. The first-order valence-corrected chi connectivity index (χ1v) is 15.2. The van der Waals surface area contributed by atoms with Crippen molar-refractivity contribution < 1.29 is 14.3 Å². The maximum Gasteiger partial charge on any atom is 0.337 e. The largest absolute Gasteiger partial charge is 0.465 e. The maximum absolute atomic E-state index is 12.2. The number of allylic oxidation sites excluding steroid dienone is 1. The van der Waals surface area contributed by atoms with Crippen molar-refractivity contribution >= 4 is 42.2 Å². The van der Waals surface area contributed by atoms with E-state index >= 15 is 0 Å². The number of carbonyl (C=O) groups excluding carboxylic acids is 1. The van der Waals surface area contributed by atoms with E-state index in [2.05, 4.69) is 51.0 Å². The molecule has 0 saturated carbocycles. The number of nitrogens with one attached hydrogen (secondary N) is 1. The molecule has 0 bridgehead atoms. The zero-order valence-corrected chi connectivity index (χ0v) is 25.0. The van der Waals surface area contributed by atoms with Crippen LogP contribution in [0.5, 0.6) is 0 Å². The quantitative estimate of drug-likeness (QED) is 0.385. The van der Waals surface area contributed by atoms with Crippen LogP contribution < -0.4 is 20.6 Å². The summed E-state index contributed by atoms with van der Waals surface area (Å²) in [5, 5.41) is 3.71. The Balaban J connectivity index is 1.10. The summed E-state index contributed by atoms with van der Waals surface area (Å²) in [5.74, 6) is 1.85. The SMILES string of the molecule is [B]c1cccc(N(C)C2=NC(N3CCN(CC4Nc5ccc(C(=O)OC)cc5N4CC4CCO4)CC3)=CCC2)c1CC. The summed E-state index contributed by atoms with van der Waals surface area (Å²) in [4.78, 5) is 26.9. The second-order valence-corrected chi connectivity index (χ2v) is 11.5. The van der Waals surface area contributed by atoms with Gasteiger partial charge in [-0.15, -0.1) is 0 Å². The second kappa shape index (κ2) is 12.4. The number of nitrogens with zero attached hydrogens (tertiary/aromatic N) is 5. The zero-order chi connectivity index (χ0) is 29.2. The van der Waals surface area contributed by atoms with Gasteiger partial charge in [0, 0.05) is 65.0 Å². The fourth-order valence-electron chi connectivity index (χ4n) is 6.42. The van der Waals surface area contributed by atoms with Crippen LogP contribution in [0, 0.1) is 0 Å². The molecule has 6 rings (SSSR count). The third kappa shape index (κ3) is 5.74. The molecular weight excluding hydrogens is 527 g/mol. The first kappa shape index (κ1) is 28.6. The van der Waals surface area contributed by atoms with Gasteiger partial charge >= 0.3 is 5.97 Å². The molecule has 0 amide bonds. The number of anilines is 3. The summed E-state index contributed by atoms with van der Waals surface area (Å²) in [6.07, 6.45) is 6.48. The van der Waals surface area contributed by atoms with Gasteiger partial charge in [-0.25, -0.2) is 9.79 Å². The maximum atomic E-state index is 12.2. The van der Waals surface area contributed by atoms with E-state index in [1.54, 1.807) is 0 Å². The number of piperazine rings is 1. The lowest BCUT2D eigenvalue weighted by molar-refractivity contribution is -0.0452. The minimum absolute atomic E-state index is 0.113. The summed E-state index contributed by atoms with van der Waals surface area (Å²) in [6, 6.07) is 11.9. The van der Waals surface area contributed by atoms with Gasteiger partial charge in [-0.3, -0.25) is 4.90 Å². The van der Waals surface area contributed by atoms with Crippen molar-refractivity contribution in [3.63, 3.8) is 0 Å². The van der Waals surface area contributed by atoms with Gasteiger partial charge in [0.05, 0.1) is 30.2 Å². The smallest absolute Gasteiger partial charge is 0.337 e. The van der Waals surface area contributed by atoms with E-state index < -0.39 is 0 Å². The van der Waals surface area contributed by atoms with Gasteiger partial charge in [-0.05, 0) is 55.2 Å². The lowest BCUT2D eigenvalue weighted by Gasteiger charge is -2.40. The Morgan fingerprint density at radius 3 is 2.71 bits per heavy atom. The standard InChI is InChI=1S/C32H41BN6O3/c1-4-24-25(33)7-5-8-27(24)36(2)29-9-6-10-30(35-29)38-16-14-37(15-17-38)21-31-34-26-12-11-22(32(40)41-3)19-28(26)39(31)20-23-13-18-42-23/h5,7-8,10-12,19,23,31,34H,4,6,9,13-18,20-21H2,1-3H3. The molecule has 42 heavy (non-hydrogen) atoms. The summed E-state index contributed by atoms with van der Waals surface area (Å²) in [5.41, 5.74) is 5.82. The van der Waals surface area contributed by atoms with Crippen molar-refractivity contribution in [1.29, 1.82) is 0 Å². The lowest BCUT2D eigenvalue weighted by atomic mass is 9.88. The Kier molecular flexibility index (Phi) is 8.44. The predicted molar refractivity (Wildman–Crippen MR) is 169 cm³/mol. The second-order valence-electron chi connectivity index (χ2n) is 11.5. The summed E-state index contributed by atoms with van der Waals surface area (Å²) in [6.45, 7) is 8.45. The van der Waals surface area contributed by atoms with Crippen LogP contribution >= 0.6 is 0 Å². The van der Waals surface area contributed by atoms with E-state index in [1.165, 1.54) is 12.7 Å². The summed E-state index contributed by atoms with van der Waals surface area (Å²) in [7, 11) is 9.81. The van der Waals surface area contributed by atoms with E-state index in [-0.39, 0.29) is 18.2 Å². The van der Waals surface area contributed by atoms with E-state index in [1.807, 2.05) is 30.3 Å². The van der Waals surface area contributed by atoms with Crippen LogP contribution in [-0.2, 0) is 15.9 Å². The van der Waals surface area contributed by atoms with Gasteiger partial charge < -0.3 is 29.5 Å². The first-order chi connectivity index (χ1) is 20.4. The topological polar surface area (TPSA) is 72.9 Å². The molecule has 0 aromatic heterocycles. The number of ether oxygens (including phenoxy) is 2. The highest BCUT2D eigenvalue weighted by molar-refractivity contribution is 6.34. The number of esters is 1. The average molecular weight is 569 g/mol. The number of amidine groups is 1. The molecule has 4 heterocycles. The van der Waals surface area contributed by atoms with Crippen LogP contribution in [-0.4, -0.2) is 102 Å². The molecule has 1 N–H and O–H groups in total. The van der Waals surface area contributed by atoms with Crippen LogP contribution in [0.4, 0.5) is 17.1 Å². The molecule has 0 aliphatic carbocycles. The van der Waals surface area contributed by atoms with Gasteiger partial charge in [0.25, 0.3) is 0 Å². The van der Waals surface area contributed by atoms with Crippen molar-refractivity contribution in [2.75, 3.05) is 75.1 Å². The molecule has 220 valence electrons. The van der Waals surface area contributed by atoms with Crippen molar-refractivity contribution in [2.24, 2.45) is 4.99 Å². The van der Waals surface area contributed by atoms with Crippen LogP contribution in [0.25, 0.3) is 0 Å². The van der Waals surface area contributed by atoms with E-state index in [4.69, 9.17) is 22.3 Å². The monoisotopic (exact) mass is 568 g/mol. The van der Waals surface area contributed by atoms with Crippen molar-refractivity contribution in [3.8, 4) is 0 Å². The fourth-order valence-corrected chi connectivity index (χ4v) is 6.42. The number of rotatable bonds is 8. The number of methoxy groups -OCH3 is 1. The predicted octanol–water partition coefficient (Wildman–Crippen LogP) is 2.96. The van der Waals surface area contributed by atoms with Gasteiger partial charge in [0.2, 0.25) is 0 Å². The number of aliphatic imine (C=N–C) groups is 1. The Morgan fingerprint density at radius 1 is 1.19 bits per heavy atom. The van der Waals surface area contributed by atoms with Crippen LogP contribution in [0.3, 0.4) is 0 Å². The van der Waals surface area contributed by atoms with Crippen molar-refractivity contribution in [2.45, 2.75) is 44.9 Å². The average Bonchev–Trinajstić information content (AvgIpc) is 3.34. The van der Waals surface area contributed by atoms with E-state index in [9.17, 15) is 4.79 Å². The highest BCUT2D eigenvalue weighted by Gasteiger charge is 2.35. The number of fused-ring (bicyclic) bond motifs is 1. The van der Waals surface area contributed by atoms with E-state index in [0.717, 1.165) is 106 Å². The first-order valence-electron chi connectivity index (χ1n) is 15.2. The Hall–Kier alpha value is -3.50. The van der Waals surface area contributed by atoms with Crippen LogP contribution in [0.2, 0.25) is 0 Å². The number of carbonyl (C=O) groups is 1. The molecule has 2 fully saturated rings. The van der Waals surface area contributed by atoms with Gasteiger partial charge in [-0.2, -0.15) is 0 Å². The van der Waals surface area contributed by atoms with Crippen molar-refractivity contribution in [1.82, 2.24) is 9.80 Å². The third-order valence-corrected chi connectivity index (χ3v) is 8.98. The molecule has 9 nitrogen and oxygen atoms in total. The van der Waals surface area contributed by atoms with Crippen LogP contribution in [0.15, 0.2) is 53.3 Å². The Labute approximate surface area is 250 Å². The molecular formula is C32H41BN6O3. The van der Waals surface area contributed by atoms with Gasteiger partial charge in [0.1, 0.15) is 25.7 Å². The minimum atomic E-state index is -0.315. The summed E-state index contributed by atoms with van der Waals surface area (Å²) < 4.78 is 10.8. The molecule has 0 spiro atoms. The highest BCUT2D eigenvalue weighted by Crippen LogP contribution is 2.37. The molecule has 2 aromatic carbocycles. The van der Waals surface area contributed by atoms with Gasteiger partial charge in [0.15, 0.2) is 0 Å². The Morgan fingerprint density at radius 2 is 2.00 bits per heavy atom. The fraction of sp³-hybridized carbons (Fsp3) is 0.500. The Bertz CT molecular complexity index is 1370. The minimum Gasteiger partial charge on any atom is -0.465 e. The molecule has 4 aliphatic rings. The normalized spacial score (nSPS) is 22.1. The lowest BCUT2D eigenvalue weighted by Crippen LogP contribution is -2.53. The van der Waals surface area contributed by atoms with Crippen molar-refractivity contribution in [3.05, 3.63) is 59.4 Å². The highest BCUT2D eigenvalue weighted by atomic mass is 16.5. The molecule has 2 radical (unpaired) electrons. The molecule has 4 aliphatic heterocycles. The third-order valence-electron chi connectivity index (χ3n) is 8.98. The zero-order valence-electron chi connectivity index (χ0n) is 25.0. The molecule has 2 unspecified atom stereocenters. The van der Waals surface area contributed by atoms with Gasteiger partial charge in [-0.1, -0.05) is 24.5 Å².